The van der Waals surface area contributed by atoms with Crippen molar-refractivity contribution in [3.8, 4) is 0 Å². The molecule has 0 aliphatic carbocycles. The molecule has 100 valence electrons. The maximum absolute atomic E-state index is 11.7. The second-order valence-electron chi connectivity index (χ2n) is 4.81. The van der Waals surface area contributed by atoms with Crippen molar-refractivity contribution in [2.45, 2.75) is 32.7 Å². The largest absolute Gasteiger partial charge is 0.353 e. The second kappa shape index (κ2) is 7.39. The fraction of sp³-hybridized carbons (Fsp3) is 0.500. The van der Waals surface area contributed by atoms with Crippen LogP contribution < -0.4 is 11.1 Å². The average Bonchev–Trinajstić information content (AvgIpc) is 2.31. The molecule has 0 radical (unpaired) electrons. The van der Waals surface area contributed by atoms with Crippen LogP contribution in [0.25, 0.3) is 0 Å². The first-order valence-corrected chi connectivity index (χ1v) is 6.63. The van der Waals surface area contributed by atoms with Crippen LogP contribution in [0.4, 0.5) is 0 Å². The molecule has 0 aliphatic rings. The maximum Gasteiger partial charge on any atom is 0.220 e. The smallest absolute Gasteiger partial charge is 0.220 e. The SMILES string of the molecule is CC(CN)CC(=O)NC(C)Cc1ccccc1Cl. The third kappa shape index (κ3) is 5.07. The number of nitrogens with one attached hydrogen (secondary N) is 1. The summed E-state index contributed by atoms with van der Waals surface area (Å²) in [6, 6.07) is 7.77. The fourth-order valence-electron chi connectivity index (χ4n) is 1.78. The van der Waals surface area contributed by atoms with E-state index in [9.17, 15) is 4.79 Å². The zero-order valence-corrected chi connectivity index (χ0v) is 11.7. The van der Waals surface area contributed by atoms with Gasteiger partial charge in [0.25, 0.3) is 0 Å². The van der Waals surface area contributed by atoms with Crippen molar-refractivity contribution in [1.29, 1.82) is 0 Å². The predicted octanol–water partition coefficient (Wildman–Crippen LogP) is 2.37. The van der Waals surface area contributed by atoms with Crippen LogP contribution in [0.1, 0.15) is 25.8 Å². The molecule has 0 saturated heterocycles. The van der Waals surface area contributed by atoms with Gasteiger partial charge in [0.2, 0.25) is 5.91 Å². The molecule has 1 rings (SSSR count). The molecule has 0 heterocycles. The van der Waals surface area contributed by atoms with Crippen molar-refractivity contribution >= 4 is 17.5 Å². The van der Waals surface area contributed by atoms with E-state index < -0.39 is 0 Å². The number of benzene rings is 1. The number of carbonyl (C=O) groups is 1. The Balaban J connectivity index is 2.44. The van der Waals surface area contributed by atoms with Gasteiger partial charge in [-0.05, 0) is 37.4 Å². The van der Waals surface area contributed by atoms with Crippen molar-refractivity contribution < 1.29 is 4.79 Å². The molecule has 3 nitrogen and oxygen atoms in total. The van der Waals surface area contributed by atoms with Gasteiger partial charge in [0.15, 0.2) is 0 Å². The van der Waals surface area contributed by atoms with Crippen molar-refractivity contribution in [1.82, 2.24) is 5.32 Å². The zero-order chi connectivity index (χ0) is 13.5. The van der Waals surface area contributed by atoms with E-state index in [-0.39, 0.29) is 17.9 Å². The lowest BCUT2D eigenvalue weighted by molar-refractivity contribution is -0.122. The van der Waals surface area contributed by atoms with Gasteiger partial charge in [-0.2, -0.15) is 0 Å². The van der Waals surface area contributed by atoms with Gasteiger partial charge in [-0.15, -0.1) is 0 Å². The van der Waals surface area contributed by atoms with E-state index in [2.05, 4.69) is 5.32 Å². The van der Waals surface area contributed by atoms with Crippen molar-refractivity contribution in [2.24, 2.45) is 11.7 Å². The normalized spacial score (nSPS) is 14.0. The molecular formula is C14H21ClN2O. The first-order valence-electron chi connectivity index (χ1n) is 6.25. The molecule has 0 fully saturated rings. The summed E-state index contributed by atoms with van der Waals surface area (Å²) >= 11 is 6.08. The predicted molar refractivity (Wildman–Crippen MR) is 75.6 cm³/mol. The molecule has 1 aromatic carbocycles. The lowest BCUT2D eigenvalue weighted by Gasteiger charge is -2.16. The number of nitrogens with two attached hydrogens (primary N) is 1. The van der Waals surface area contributed by atoms with Crippen LogP contribution >= 0.6 is 11.6 Å². The number of halogens is 1. The minimum atomic E-state index is 0.0486. The fourth-order valence-corrected chi connectivity index (χ4v) is 1.99. The van der Waals surface area contributed by atoms with Crippen LogP contribution in [0, 0.1) is 5.92 Å². The minimum Gasteiger partial charge on any atom is -0.353 e. The van der Waals surface area contributed by atoms with E-state index in [1.165, 1.54) is 0 Å². The molecule has 2 unspecified atom stereocenters. The van der Waals surface area contributed by atoms with Crippen molar-refractivity contribution in [3.63, 3.8) is 0 Å². The summed E-state index contributed by atoms with van der Waals surface area (Å²) in [6.45, 7) is 4.49. The molecule has 18 heavy (non-hydrogen) atoms. The van der Waals surface area contributed by atoms with Gasteiger partial charge >= 0.3 is 0 Å². The second-order valence-corrected chi connectivity index (χ2v) is 5.22. The van der Waals surface area contributed by atoms with Crippen LogP contribution in [0.5, 0.6) is 0 Å². The molecule has 0 saturated carbocycles. The van der Waals surface area contributed by atoms with Gasteiger partial charge in [-0.3, -0.25) is 4.79 Å². The monoisotopic (exact) mass is 268 g/mol. The van der Waals surface area contributed by atoms with Crippen LogP contribution in [0.15, 0.2) is 24.3 Å². The zero-order valence-electron chi connectivity index (χ0n) is 10.9. The molecule has 4 heteroatoms. The summed E-state index contributed by atoms with van der Waals surface area (Å²) < 4.78 is 0. The molecule has 1 aromatic rings. The Bertz CT molecular complexity index is 395. The third-order valence-corrected chi connectivity index (χ3v) is 3.20. The van der Waals surface area contributed by atoms with E-state index in [4.69, 9.17) is 17.3 Å². The average molecular weight is 269 g/mol. The van der Waals surface area contributed by atoms with Gasteiger partial charge in [0.1, 0.15) is 0 Å². The molecule has 0 bridgehead atoms. The lowest BCUT2D eigenvalue weighted by Crippen LogP contribution is -2.35. The highest BCUT2D eigenvalue weighted by molar-refractivity contribution is 6.31. The quantitative estimate of drug-likeness (QED) is 0.832. The number of rotatable bonds is 6. The molecule has 1 amide bonds. The first kappa shape index (κ1) is 15.0. The Hall–Kier alpha value is -1.06. The van der Waals surface area contributed by atoms with Crippen molar-refractivity contribution in [2.75, 3.05) is 6.54 Å². The van der Waals surface area contributed by atoms with Gasteiger partial charge < -0.3 is 11.1 Å². The van der Waals surface area contributed by atoms with Crippen LogP contribution in [-0.2, 0) is 11.2 Å². The Labute approximate surface area is 114 Å². The number of hydrogen-bond acceptors (Lipinski definition) is 2. The van der Waals surface area contributed by atoms with Gasteiger partial charge in [0.05, 0.1) is 0 Å². The van der Waals surface area contributed by atoms with Gasteiger partial charge in [0, 0.05) is 17.5 Å². The first-order chi connectivity index (χ1) is 8.52. The van der Waals surface area contributed by atoms with Gasteiger partial charge in [-0.25, -0.2) is 0 Å². The summed E-state index contributed by atoms with van der Waals surface area (Å²) in [7, 11) is 0. The summed E-state index contributed by atoms with van der Waals surface area (Å²) in [4.78, 5) is 11.7. The van der Waals surface area contributed by atoms with Crippen molar-refractivity contribution in [3.05, 3.63) is 34.9 Å². The van der Waals surface area contributed by atoms with E-state index in [1.54, 1.807) is 0 Å². The Morgan fingerprint density at radius 3 is 2.67 bits per heavy atom. The molecule has 0 spiro atoms. The number of carbonyl (C=O) groups excluding carboxylic acids is 1. The number of amides is 1. The van der Waals surface area contributed by atoms with E-state index in [0.29, 0.717) is 13.0 Å². The molecule has 0 aromatic heterocycles. The highest BCUT2D eigenvalue weighted by atomic mass is 35.5. The Morgan fingerprint density at radius 2 is 2.06 bits per heavy atom. The van der Waals surface area contributed by atoms with Crippen LogP contribution in [-0.4, -0.2) is 18.5 Å². The summed E-state index contributed by atoms with van der Waals surface area (Å²) in [6.07, 6.45) is 1.21. The number of hydrogen-bond donors (Lipinski definition) is 2. The summed E-state index contributed by atoms with van der Waals surface area (Å²) in [5.41, 5.74) is 6.55. The third-order valence-electron chi connectivity index (χ3n) is 2.83. The highest BCUT2D eigenvalue weighted by Gasteiger charge is 2.12. The lowest BCUT2D eigenvalue weighted by atomic mass is 10.1. The Kier molecular flexibility index (Phi) is 6.16. The van der Waals surface area contributed by atoms with E-state index in [0.717, 1.165) is 17.0 Å². The van der Waals surface area contributed by atoms with Crippen LogP contribution in [0.2, 0.25) is 5.02 Å². The maximum atomic E-state index is 11.7. The molecule has 3 N–H and O–H groups in total. The van der Waals surface area contributed by atoms with Crippen LogP contribution in [0.3, 0.4) is 0 Å². The molecule has 0 aliphatic heterocycles. The summed E-state index contributed by atoms with van der Waals surface area (Å²) in [5, 5.41) is 3.71. The standard InChI is InChI=1S/C14H21ClN2O/c1-10(9-16)7-14(18)17-11(2)8-12-5-3-4-6-13(12)15/h3-6,10-11H,7-9,16H2,1-2H3,(H,17,18). The Morgan fingerprint density at radius 1 is 1.39 bits per heavy atom. The highest BCUT2D eigenvalue weighted by Crippen LogP contribution is 2.16. The summed E-state index contributed by atoms with van der Waals surface area (Å²) in [5.74, 6) is 0.269. The molecular weight excluding hydrogens is 248 g/mol. The van der Waals surface area contributed by atoms with E-state index in [1.807, 2.05) is 38.1 Å². The van der Waals surface area contributed by atoms with E-state index >= 15 is 0 Å². The minimum absolute atomic E-state index is 0.0486. The van der Waals surface area contributed by atoms with Gasteiger partial charge in [-0.1, -0.05) is 36.7 Å². The topological polar surface area (TPSA) is 55.1 Å². The molecule has 2 atom stereocenters.